The monoisotopic (exact) mass is 287 g/mol. The fraction of sp³-hybridized carbons (Fsp3) is 0.133. The minimum atomic E-state index is -1.14. The second kappa shape index (κ2) is 6.04. The number of rotatable bonds is 4. The first-order valence-corrected chi connectivity index (χ1v) is 6.17. The highest BCUT2D eigenvalue weighted by Crippen LogP contribution is 2.13. The van der Waals surface area contributed by atoms with Crippen LogP contribution in [0.1, 0.15) is 11.1 Å². The lowest BCUT2D eigenvalue weighted by atomic mass is 10.1. The summed E-state index contributed by atoms with van der Waals surface area (Å²) in [6, 6.07) is 5.25. The Morgan fingerprint density at radius 1 is 1.38 bits per heavy atom. The maximum absolute atomic E-state index is 12.2. The van der Waals surface area contributed by atoms with Crippen LogP contribution in [-0.4, -0.2) is 23.5 Å². The summed E-state index contributed by atoms with van der Waals surface area (Å²) in [4.78, 5) is 33.9. The number of fused-ring (bicyclic) bond motifs is 1. The average Bonchev–Trinajstić information content (AvgIpc) is 2.45. The van der Waals surface area contributed by atoms with Crippen molar-refractivity contribution in [2.24, 2.45) is 0 Å². The maximum Gasteiger partial charge on any atom is 0.322 e. The van der Waals surface area contributed by atoms with Crippen LogP contribution >= 0.6 is 0 Å². The number of aryl methyl sites for hydroxylation is 1. The molecule has 108 valence electrons. The highest BCUT2D eigenvalue weighted by atomic mass is 16.4. The number of hydrogen-bond donors (Lipinski definition) is 2. The molecule has 0 atom stereocenters. The number of hydrogen-bond acceptors (Lipinski definition) is 4. The van der Waals surface area contributed by atoms with Crippen LogP contribution in [-0.2, 0) is 9.59 Å². The number of benzene rings is 1. The van der Waals surface area contributed by atoms with Gasteiger partial charge in [-0.1, -0.05) is 11.6 Å². The molecule has 1 heterocycles. The average molecular weight is 287 g/mol. The summed E-state index contributed by atoms with van der Waals surface area (Å²) in [5.41, 5.74) is 1.37. The topological polar surface area (TPSA) is 96.6 Å². The van der Waals surface area contributed by atoms with E-state index in [9.17, 15) is 14.4 Å². The van der Waals surface area contributed by atoms with Gasteiger partial charge in [0.15, 0.2) is 5.43 Å². The summed E-state index contributed by atoms with van der Waals surface area (Å²) < 4.78 is 5.33. The molecule has 0 saturated heterocycles. The Morgan fingerprint density at radius 3 is 2.86 bits per heavy atom. The summed E-state index contributed by atoms with van der Waals surface area (Å²) in [7, 11) is 0. The predicted octanol–water partition coefficient (Wildman–Crippen LogP) is 1.32. The normalized spacial score (nSPS) is 10.9. The Bertz CT molecular complexity index is 788. The first kappa shape index (κ1) is 14.5. The minimum absolute atomic E-state index is 0.221. The van der Waals surface area contributed by atoms with E-state index in [0.29, 0.717) is 11.0 Å². The van der Waals surface area contributed by atoms with Crippen LogP contribution in [0, 0.1) is 6.92 Å². The summed E-state index contributed by atoms with van der Waals surface area (Å²) >= 11 is 0. The molecule has 0 aliphatic rings. The van der Waals surface area contributed by atoms with E-state index < -0.39 is 18.4 Å². The third kappa shape index (κ3) is 3.56. The zero-order valence-corrected chi connectivity index (χ0v) is 11.3. The van der Waals surface area contributed by atoms with Crippen LogP contribution in [0.15, 0.2) is 39.7 Å². The molecule has 0 bridgehead atoms. The van der Waals surface area contributed by atoms with Crippen molar-refractivity contribution < 1.29 is 19.1 Å². The molecule has 21 heavy (non-hydrogen) atoms. The minimum Gasteiger partial charge on any atom is -0.480 e. The molecule has 1 aromatic heterocycles. The van der Waals surface area contributed by atoms with Gasteiger partial charge in [0.1, 0.15) is 18.4 Å². The van der Waals surface area contributed by atoms with E-state index in [1.807, 2.05) is 13.0 Å². The number of carbonyl (C=O) groups excluding carboxylic acids is 1. The molecule has 0 spiro atoms. The van der Waals surface area contributed by atoms with Gasteiger partial charge in [-0.3, -0.25) is 14.4 Å². The van der Waals surface area contributed by atoms with Crippen molar-refractivity contribution in [3.63, 3.8) is 0 Å². The second-order valence-corrected chi connectivity index (χ2v) is 4.46. The van der Waals surface area contributed by atoms with Crippen LogP contribution in [0.25, 0.3) is 17.0 Å². The van der Waals surface area contributed by atoms with Crippen molar-refractivity contribution in [3.05, 3.63) is 51.9 Å². The first-order valence-electron chi connectivity index (χ1n) is 6.17. The van der Waals surface area contributed by atoms with Gasteiger partial charge in [0, 0.05) is 6.08 Å². The Balaban J connectivity index is 2.27. The van der Waals surface area contributed by atoms with Gasteiger partial charge >= 0.3 is 5.97 Å². The van der Waals surface area contributed by atoms with Gasteiger partial charge in [0.25, 0.3) is 0 Å². The van der Waals surface area contributed by atoms with E-state index in [1.54, 1.807) is 12.1 Å². The molecule has 0 aliphatic heterocycles. The molecule has 0 fully saturated rings. The lowest BCUT2D eigenvalue weighted by Gasteiger charge is -2.00. The molecule has 1 aromatic carbocycles. The quantitative estimate of drug-likeness (QED) is 0.826. The van der Waals surface area contributed by atoms with E-state index >= 15 is 0 Å². The molecule has 2 N–H and O–H groups in total. The van der Waals surface area contributed by atoms with Crippen molar-refractivity contribution in [1.82, 2.24) is 5.32 Å². The van der Waals surface area contributed by atoms with Crippen LogP contribution in [0.2, 0.25) is 0 Å². The number of aliphatic carboxylic acids is 1. The third-order valence-electron chi connectivity index (χ3n) is 2.78. The van der Waals surface area contributed by atoms with Crippen molar-refractivity contribution in [2.75, 3.05) is 6.54 Å². The van der Waals surface area contributed by atoms with Crippen molar-refractivity contribution >= 4 is 28.9 Å². The van der Waals surface area contributed by atoms with Gasteiger partial charge in [-0.2, -0.15) is 0 Å². The fourth-order valence-electron chi connectivity index (χ4n) is 1.76. The highest BCUT2D eigenvalue weighted by molar-refractivity contribution is 5.93. The zero-order valence-electron chi connectivity index (χ0n) is 11.3. The molecular formula is C15H13NO5. The standard InChI is InChI=1S/C15H13NO5/c1-9-2-4-12-11(6-9)15(20)10(8-21-12)3-5-13(17)16-7-14(18)19/h2-6,8H,7H2,1H3,(H,16,17)(H,18,19)/b5-3+. The van der Waals surface area contributed by atoms with Crippen LogP contribution in [0.4, 0.5) is 0 Å². The van der Waals surface area contributed by atoms with Crippen LogP contribution < -0.4 is 10.7 Å². The van der Waals surface area contributed by atoms with Gasteiger partial charge in [-0.25, -0.2) is 0 Å². The molecule has 2 rings (SSSR count). The van der Waals surface area contributed by atoms with Crippen LogP contribution in [0.3, 0.4) is 0 Å². The summed E-state index contributed by atoms with van der Waals surface area (Å²) in [5.74, 6) is -1.74. The maximum atomic E-state index is 12.2. The van der Waals surface area contributed by atoms with Gasteiger partial charge in [0.2, 0.25) is 5.91 Å². The molecule has 6 nitrogen and oxygen atoms in total. The molecule has 0 aliphatic carbocycles. The lowest BCUT2D eigenvalue weighted by molar-refractivity contribution is -0.137. The van der Waals surface area contributed by atoms with Gasteiger partial charge in [0.05, 0.1) is 10.9 Å². The van der Waals surface area contributed by atoms with E-state index in [-0.39, 0.29) is 11.0 Å². The number of nitrogens with one attached hydrogen (secondary N) is 1. The highest BCUT2D eigenvalue weighted by Gasteiger charge is 2.06. The van der Waals surface area contributed by atoms with Gasteiger partial charge < -0.3 is 14.8 Å². The van der Waals surface area contributed by atoms with Crippen molar-refractivity contribution in [1.29, 1.82) is 0 Å². The molecule has 0 radical (unpaired) electrons. The Labute approximate surface area is 119 Å². The molecule has 0 saturated carbocycles. The summed E-state index contributed by atoms with van der Waals surface area (Å²) in [6.07, 6.45) is 3.66. The molecule has 0 unspecified atom stereocenters. The molecular weight excluding hydrogens is 274 g/mol. The third-order valence-corrected chi connectivity index (χ3v) is 2.78. The van der Waals surface area contributed by atoms with E-state index in [0.717, 1.165) is 11.6 Å². The Hall–Kier alpha value is -2.89. The van der Waals surface area contributed by atoms with Gasteiger partial charge in [-0.15, -0.1) is 0 Å². The van der Waals surface area contributed by atoms with Gasteiger partial charge in [-0.05, 0) is 25.1 Å². The first-order chi connectivity index (χ1) is 9.97. The number of carboxylic acids is 1. The lowest BCUT2D eigenvalue weighted by Crippen LogP contribution is -2.27. The fourth-order valence-corrected chi connectivity index (χ4v) is 1.76. The summed E-state index contributed by atoms with van der Waals surface area (Å²) in [6.45, 7) is 1.38. The Kier molecular flexibility index (Phi) is 4.18. The van der Waals surface area contributed by atoms with Crippen molar-refractivity contribution in [3.8, 4) is 0 Å². The number of carbonyl (C=O) groups is 2. The number of carboxylic acid groups (broad SMARTS) is 1. The van der Waals surface area contributed by atoms with Crippen molar-refractivity contribution in [2.45, 2.75) is 6.92 Å². The summed E-state index contributed by atoms with van der Waals surface area (Å²) in [5, 5.41) is 11.0. The molecule has 6 heteroatoms. The predicted molar refractivity (Wildman–Crippen MR) is 76.9 cm³/mol. The molecule has 1 amide bonds. The zero-order chi connectivity index (χ0) is 15.4. The van der Waals surface area contributed by atoms with Crippen LogP contribution in [0.5, 0.6) is 0 Å². The smallest absolute Gasteiger partial charge is 0.322 e. The van der Waals surface area contributed by atoms with E-state index in [1.165, 1.54) is 12.3 Å². The number of amides is 1. The van der Waals surface area contributed by atoms with E-state index in [2.05, 4.69) is 5.32 Å². The molecule has 2 aromatic rings. The second-order valence-electron chi connectivity index (χ2n) is 4.46. The Morgan fingerprint density at radius 2 is 2.14 bits per heavy atom. The SMILES string of the molecule is Cc1ccc2occ(/C=C/C(=O)NCC(=O)O)c(=O)c2c1. The largest absolute Gasteiger partial charge is 0.480 e. The van der Waals surface area contributed by atoms with E-state index in [4.69, 9.17) is 9.52 Å².